The van der Waals surface area contributed by atoms with Crippen molar-refractivity contribution in [2.24, 2.45) is 0 Å². The highest BCUT2D eigenvalue weighted by atomic mass is 32.2. The number of thioether (sulfide) groups is 1. The van der Waals surface area contributed by atoms with Crippen LogP contribution in [-0.2, 0) is 6.42 Å². The fourth-order valence-corrected chi connectivity index (χ4v) is 1.86. The maximum absolute atomic E-state index is 11.0. The van der Waals surface area contributed by atoms with Gasteiger partial charge in [0.25, 0.3) is 0 Å². The fraction of sp³-hybridized carbons (Fsp3) is 0.538. The van der Waals surface area contributed by atoms with Crippen LogP contribution in [0.1, 0.15) is 36.3 Å². The summed E-state index contributed by atoms with van der Waals surface area (Å²) in [4.78, 5) is 15.4. The van der Waals surface area contributed by atoms with Crippen LogP contribution in [0.3, 0.4) is 0 Å². The van der Waals surface area contributed by atoms with E-state index in [1.54, 1.807) is 12.1 Å². The first-order valence-electron chi connectivity index (χ1n) is 6.07. The van der Waals surface area contributed by atoms with Gasteiger partial charge in [-0.05, 0) is 31.2 Å². The Bertz CT molecular complexity index is 410. The van der Waals surface area contributed by atoms with Crippen molar-refractivity contribution in [1.82, 2.24) is 4.98 Å². The van der Waals surface area contributed by atoms with Crippen molar-refractivity contribution in [3.8, 4) is 0 Å². The van der Waals surface area contributed by atoms with Crippen molar-refractivity contribution in [3.05, 3.63) is 23.4 Å². The third-order valence-corrected chi connectivity index (χ3v) is 3.79. The van der Waals surface area contributed by atoms with E-state index in [0.29, 0.717) is 16.6 Å². The number of nitrogens with zero attached hydrogens (tertiary/aromatic N) is 1. The van der Waals surface area contributed by atoms with Gasteiger partial charge in [-0.1, -0.05) is 13.8 Å². The molecule has 0 bridgehead atoms. The Labute approximate surface area is 112 Å². The molecule has 100 valence electrons. The van der Waals surface area contributed by atoms with E-state index < -0.39 is 5.97 Å². The van der Waals surface area contributed by atoms with Gasteiger partial charge in [0, 0.05) is 17.5 Å². The largest absolute Gasteiger partial charge is 0.478 e. The molecule has 0 radical (unpaired) electrons. The lowest BCUT2D eigenvalue weighted by molar-refractivity contribution is 0.0696. The van der Waals surface area contributed by atoms with Crippen molar-refractivity contribution < 1.29 is 9.90 Å². The van der Waals surface area contributed by atoms with Gasteiger partial charge in [0.05, 0.1) is 5.56 Å². The number of anilines is 1. The topological polar surface area (TPSA) is 62.2 Å². The molecule has 1 heterocycles. The Kier molecular flexibility index (Phi) is 5.98. The number of carbonyl (C=O) groups is 1. The van der Waals surface area contributed by atoms with Crippen molar-refractivity contribution in [2.75, 3.05) is 18.1 Å². The Morgan fingerprint density at radius 3 is 2.83 bits per heavy atom. The molecular weight excluding hydrogens is 248 g/mol. The van der Waals surface area contributed by atoms with Crippen LogP contribution >= 0.6 is 11.8 Å². The van der Waals surface area contributed by atoms with Crippen molar-refractivity contribution in [1.29, 1.82) is 0 Å². The van der Waals surface area contributed by atoms with Gasteiger partial charge in [-0.25, -0.2) is 9.78 Å². The van der Waals surface area contributed by atoms with Gasteiger partial charge in [-0.2, -0.15) is 11.8 Å². The molecule has 1 rings (SSSR count). The van der Waals surface area contributed by atoms with Crippen LogP contribution in [0.2, 0.25) is 0 Å². The van der Waals surface area contributed by atoms with E-state index >= 15 is 0 Å². The molecule has 1 atom stereocenters. The molecule has 1 unspecified atom stereocenters. The monoisotopic (exact) mass is 268 g/mol. The predicted molar refractivity (Wildman–Crippen MR) is 76.7 cm³/mol. The van der Waals surface area contributed by atoms with Crippen LogP contribution in [-0.4, -0.2) is 34.1 Å². The average molecular weight is 268 g/mol. The van der Waals surface area contributed by atoms with Gasteiger partial charge in [0.1, 0.15) is 5.82 Å². The Morgan fingerprint density at radius 1 is 1.56 bits per heavy atom. The van der Waals surface area contributed by atoms with Crippen molar-refractivity contribution >= 4 is 23.5 Å². The second kappa shape index (κ2) is 7.26. The minimum absolute atomic E-state index is 0.294. The summed E-state index contributed by atoms with van der Waals surface area (Å²) >= 11 is 1.82. The lowest BCUT2D eigenvalue weighted by Gasteiger charge is -2.11. The fourth-order valence-electron chi connectivity index (χ4n) is 1.50. The molecule has 0 fully saturated rings. The number of rotatable bonds is 7. The first-order valence-corrected chi connectivity index (χ1v) is 7.36. The molecule has 0 aliphatic carbocycles. The summed E-state index contributed by atoms with van der Waals surface area (Å²) in [6, 6.07) is 3.21. The molecular formula is C13H20N2O2S. The number of aryl methyl sites for hydroxylation is 1. The molecule has 0 saturated heterocycles. The third kappa shape index (κ3) is 4.56. The summed E-state index contributed by atoms with van der Waals surface area (Å²) in [7, 11) is 0. The Balaban J connectivity index is 2.69. The van der Waals surface area contributed by atoms with Crippen LogP contribution in [0.15, 0.2) is 12.1 Å². The van der Waals surface area contributed by atoms with Gasteiger partial charge >= 0.3 is 5.97 Å². The Morgan fingerprint density at radius 2 is 2.28 bits per heavy atom. The lowest BCUT2D eigenvalue weighted by atomic mass is 10.2. The molecule has 1 aromatic rings. The number of hydrogen-bond donors (Lipinski definition) is 2. The van der Waals surface area contributed by atoms with E-state index in [1.165, 1.54) is 0 Å². The maximum Gasteiger partial charge on any atom is 0.335 e. The highest BCUT2D eigenvalue weighted by Crippen LogP contribution is 2.13. The van der Waals surface area contributed by atoms with Gasteiger partial charge in [0.2, 0.25) is 0 Å². The standard InChI is InChI=1S/C13H20N2O2S/c1-4-11-7-10(13(16)17)8-12(15-11)14-6-5-9(2)18-3/h7-9H,4-6H2,1-3H3,(H,14,15)(H,16,17). The van der Waals surface area contributed by atoms with Crippen LogP contribution in [0, 0.1) is 0 Å². The van der Waals surface area contributed by atoms with Crippen molar-refractivity contribution in [2.45, 2.75) is 31.9 Å². The molecule has 5 heteroatoms. The smallest absolute Gasteiger partial charge is 0.335 e. The van der Waals surface area contributed by atoms with Gasteiger partial charge < -0.3 is 10.4 Å². The van der Waals surface area contributed by atoms with Gasteiger partial charge in [-0.3, -0.25) is 0 Å². The molecule has 0 saturated carbocycles. The van der Waals surface area contributed by atoms with Gasteiger partial charge in [-0.15, -0.1) is 0 Å². The highest BCUT2D eigenvalue weighted by Gasteiger charge is 2.08. The van der Waals surface area contributed by atoms with Crippen molar-refractivity contribution in [3.63, 3.8) is 0 Å². The van der Waals surface area contributed by atoms with E-state index in [-0.39, 0.29) is 0 Å². The first-order chi connectivity index (χ1) is 8.56. The second-order valence-electron chi connectivity index (χ2n) is 4.15. The number of carboxylic acid groups (broad SMARTS) is 1. The van der Waals surface area contributed by atoms with Gasteiger partial charge in [0.15, 0.2) is 0 Å². The maximum atomic E-state index is 11.0. The summed E-state index contributed by atoms with van der Waals surface area (Å²) in [6.45, 7) is 4.94. The zero-order chi connectivity index (χ0) is 13.5. The number of aromatic nitrogens is 1. The molecule has 0 aromatic carbocycles. The van der Waals surface area contributed by atoms with Crippen LogP contribution in [0.25, 0.3) is 0 Å². The summed E-state index contributed by atoms with van der Waals surface area (Å²) in [5, 5.41) is 12.8. The molecule has 18 heavy (non-hydrogen) atoms. The number of nitrogens with one attached hydrogen (secondary N) is 1. The van der Waals surface area contributed by atoms with E-state index in [0.717, 1.165) is 25.1 Å². The van der Waals surface area contributed by atoms with Crippen LogP contribution < -0.4 is 5.32 Å². The first kappa shape index (κ1) is 14.8. The average Bonchev–Trinajstić information content (AvgIpc) is 2.37. The minimum Gasteiger partial charge on any atom is -0.478 e. The summed E-state index contributed by atoms with van der Waals surface area (Å²) in [5.74, 6) is -0.257. The molecule has 0 aliphatic heterocycles. The predicted octanol–water partition coefficient (Wildman–Crippen LogP) is 2.90. The number of carboxylic acids is 1. The number of hydrogen-bond acceptors (Lipinski definition) is 4. The zero-order valence-corrected chi connectivity index (χ0v) is 11.9. The lowest BCUT2D eigenvalue weighted by Crippen LogP contribution is -2.10. The molecule has 0 aliphatic rings. The summed E-state index contributed by atoms with van der Waals surface area (Å²) in [6.07, 6.45) is 3.85. The molecule has 0 amide bonds. The molecule has 1 aromatic heterocycles. The molecule has 4 nitrogen and oxygen atoms in total. The third-order valence-electron chi connectivity index (χ3n) is 2.75. The number of aromatic carboxylic acids is 1. The molecule has 2 N–H and O–H groups in total. The van der Waals surface area contributed by atoms with E-state index in [9.17, 15) is 4.79 Å². The highest BCUT2D eigenvalue weighted by molar-refractivity contribution is 7.99. The van der Waals surface area contributed by atoms with E-state index in [2.05, 4.69) is 23.5 Å². The van der Waals surface area contributed by atoms with Crippen LogP contribution in [0.5, 0.6) is 0 Å². The zero-order valence-electron chi connectivity index (χ0n) is 11.1. The normalized spacial score (nSPS) is 12.2. The van der Waals surface area contributed by atoms with E-state index in [1.807, 2.05) is 18.7 Å². The summed E-state index contributed by atoms with van der Waals surface area (Å²) < 4.78 is 0. The van der Waals surface area contributed by atoms with Crippen LogP contribution in [0.4, 0.5) is 5.82 Å². The Hall–Kier alpha value is -1.23. The molecule has 0 spiro atoms. The van der Waals surface area contributed by atoms with E-state index in [4.69, 9.17) is 5.11 Å². The second-order valence-corrected chi connectivity index (χ2v) is 5.43. The quantitative estimate of drug-likeness (QED) is 0.796. The SMILES string of the molecule is CCc1cc(C(=O)O)cc(NCCC(C)SC)n1. The summed E-state index contributed by atoms with van der Waals surface area (Å²) in [5.41, 5.74) is 1.09. The number of pyridine rings is 1. The minimum atomic E-state index is -0.910.